The maximum atomic E-state index is 6.70. The minimum atomic E-state index is -1.86. The summed E-state index contributed by atoms with van der Waals surface area (Å²) >= 11 is 0. The van der Waals surface area contributed by atoms with E-state index < -0.39 is 8.32 Å². The molecular formula is C20H24OSi. The van der Waals surface area contributed by atoms with Gasteiger partial charge in [0.15, 0.2) is 0 Å². The van der Waals surface area contributed by atoms with E-state index in [9.17, 15) is 0 Å². The molecule has 1 atom stereocenters. The number of benzene rings is 2. The summed E-state index contributed by atoms with van der Waals surface area (Å²) in [4.78, 5) is 0. The summed E-state index contributed by atoms with van der Waals surface area (Å²) in [5.41, 5.74) is 2.52. The predicted octanol–water partition coefficient (Wildman–Crippen LogP) is 5.24. The molecule has 1 heterocycles. The van der Waals surface area contributed by atoms with Gasteiger partial charge in [-0.15, -0.1) is 0 Å². The largest absolute Gasteiger partial charge is 0.404 e. The van der Waals surface area contributed by atoms with Gasteiger partial charge in [0.2, 0.25) is 8.32 Å². The highest BCUT2D eigenvalue weighted by Crippen LogP contribution is 2.42. The van der Waals surface area contributed by atoms with Gasteiger partial charge in [-0.05, 0) is 35.8 Å². The second-order valence-electron chi connectivity index (χ2n) is 6.62. The van der Waals surface area contributed by atoms with Gasteiger partial charge < -0.3 is 4.43 Å². The van der Waals surface area contributed by atoms with Gasteiger partial charge in [-0.3, -0.25) is 0 Å². The van der Waals surface area contributed by atoms with E-state index in [0.717, 1.165) is 12.8 Å². The fourth-order valence-electron chi connectivity index (χ4n) is 3.41. The number of rotatable bonds is 4. The Balaban J connectivity index is 1.98. The molecule has 0 saturated heterocycles. The lowest BCUT2D eigenvalue weighted by Gasteiger charge is -2.31. The molecule has 1 aliphatic rings. The van der Waals surface area contributed by atoms with Crippen molar-refractivity contribution in [3.8, 4) is 0 Å². The highest BCUT2D eigenvalue weighted by atomic mass is 28.4. The van der Waals surface area contributed by atoms with Gasteiger partial charge in [0.05, 0.1) is 5.60 Å². The van der Waals surface area contributed by atoms with Crippen molar-refractivity contribution in [1.82, 2.24) is 0 Å². The van der Waals surface area contributed by atoms with E-state index in [-0.39, 0.29) is 5.60 Å². The van der Waals surface area contributed by atoms with E-state index in [1.165, 1.54) is 16.3 Å². The van der Waals surface area contributed by atoms with Gasteiger partial charge in [0.1, 0.15) is 0 Å². The SMILES string of the molecule is CCC1(Cc2ccccc2)C=C(c2ccccc2)[Si](C)(C)O1. The number of hydrogen-bond acceptors (Lipinski definition) is 1. The molecule has 0 amide bonds. The van der Waals surface area contributed by atoms with Gasteiger partial charge in [-0.25, -0.2) is 0 Å². The first-order chi connectivity index (χ1) is 10.5. The average Bonchev–Trinajstić information content (AvgIpc) is 2.80. The first-order valence-electron chi connectivity index (χ1n) is 8.07. The van der Waals surface area contributed by atoms with Crippen LogP contribution in [0.4, 0.5) is 0 Å². The molecule has 0 saturated carbocycles. The van der Waals surface area contributed by atoms with Gasteiger partial charge in [-0.1, -0.05) is 73.7 Å². The molecule has 2 aromatic rings. The molecule has 0 aromatic heterocycles. The molecule has 22 heavy (non-hydrogen) atoms. The fourth-order valence-corrected chi connectivity index (χ4v) is 6.28. The van der Waals surface area contributed by atoms with Crippen LogP contribution in [0.1, 0.15) is 24.5 Å². The standard InChI is InChI=1S/C20H24OSi/c1-4-20(15-17-11-7-5-8-12-17)16-19(22(2,3)21-20)18-13-9-6-10-14-18/h5-14,16H,4,15H2,1-3H3. The second-order valence-corrected chi connectivity index (χ2v) is 10.4. The van der Waals surface area contributed by atoms with Gasteiger partial charge in [0, 0.05) is 6.42 Å². The Morgan fingerprint density at radius 1 is 0.909 bits per heavy atom. The van der Waals surface area contributed by atoms with Crippen LogP contribution in [-0.2, 0) is 10.8 Å². The van der Waals surface area contributed by atoms with Crippen molar-refractivity contribution in [2.24, 2.45) is 0 Å². The molecule has 1 nitrogen and oxygen atoms in total. The molecule has 0 N–H and O–H groups in total. The highest BCUT2D eigenvalue weighted by Gasteiger charge is 2.45. The molecule has 3 rings (SSSR count). The van der Waals surface area contributed by atoms with Crippen LogP contribution < -0.4 is 0 Å². The molecule has 2 heteroatoms. The molecule has 114 valence electrons. The predicted molar refractivity (Wildman–Crippen MR) is 96.2 cm³/mol. The van der Waals surface area contributed by atoms with Crippen LogP contribution in [0.15, 0.2) is 66.7 Å². The van der Waals surface area contributed by atoms with E-state index in [1.807, 2.05) is 0 Å². The summed E-state index contributed by atoms with van der Waals surface area (Å²) in [6.45, 7) is 6.86. The fraction of sp³-hybridized carbons (Fsp3) is 0.300. The minimum absolute atomic E-state index is 0.151. The summed E-state index contributed by atoms with van der Waals surface area (Å²) in [5, 5.41) is 1.44. The molecule has 1 aliphatic heterocycles. The Bertz CT molecular complexity index is 661. The summed E-state index contributed by atoms with van der Waals surface area (Å²) in [7, 11) is -1.86. The smallest absolute Gasteiger partial charge is 0.219 e. The normalized spacial score (nSPS) is 23.3. The van der Waals surface area contributed by atoms with Crippen molar-refractivity contribution in [2.45, 2.75) is 38.5 Å². The maximum Gasteiger partial charge on any atom is 0.219 e. The molecule has 0 aliphatic carbocycles. The van der Waals surface area contributed by atoms with E-state index in [2.05, 4.69) is 86.8 Å². The topological polar surface area (TPSA) is 9.23 Å². The van der Waals surface area contributed by atoms with E-state index in [4.69, 9.17) is 4.43 Å². The molecule has 0 radical (unpaired) electrons. The van der Waals surface area contributed by atoms with Gasteiger partial charge in [0.25, 0.3) is 0 Å². The van der Waals surface area contributed by atoms with Crippen LogP contribution in [0.2, 0.25) is 13.1 Å². The summed E-state index contributed by atoms with van der Waals surface area (Å²) in [5.74, 6) is 0. The third-order valence-electron chi connectivity index (χ3n) is 4.54. The van der Waals surface area contributed by atoms with Crippen LogP contribution in [0.25, 0.3) is 5.20 Å². The van der Waals surface area contributed by atoms with Crippen LogP contribution >= 0.6 is 0 Å². The molecule has 0 spiro atoms. The quantitative estimate of drug-likeness (QED) is 0.702. The molecular weight excluding hydrogens is 284 g/mol. The van der Waals surface area contributed by atoms with Crippen molar-refractivity contribution < 1.29 is 4.43 Å². The van der Waals surface area contributed by atoms with Crippen molar-refractivity contribution in [1.29, 1.82) is 0 Å². The monoisotopic (exact) mass is 308 g/mol. The zero-order valence-corrected chi connectivity index (χ0v) is 14.7. The highest BCUT2D eigenvalue weighted by molar-refractivity contribution is 6.90. The Labute approximate surface area is 134 Å². The Kier molecular flexibility index (Phi) is 4.07. The third-order valence-corrected chi connectivity index (χ3v) is 7.19. The van der Waals surface area contributed by atoms with Crippen LogP contribution in [0.3, 0.4) is 0 Å². The van der Waals surface area contributed by atoms with E-state index >= 15 is 0 Å². The molecule has 0 bridgehead atoms. The van der Waals surface area contributed by atoms with E-state index in [1.54, 1.807) is 0 Å². The van der Waals surface area contributed by atoms with Crippen molar-refractivity contribution >= 4 is 13.5 Å². The number of hydrogen-bond donors (Lipinski definition) is 0. The van der Waals surface area contributed by atoms with Gasteiger partial charge >= 0.3 is 0 Å². The third kappa shape index (κ3) is 2.94. The Morgan fingerprint density at radius 3 is 2.09 bits per heavy atom. The first kappa shape index (κ1) is 15.3. The van der Waals surface area contributed by atoms with Gasteiger partial charge in [-0.2, -0.15) is 0 Å². The van der Waals surface area contributed by atoms with Crippen molar-refractivity contribution in [3.63, 3.8) is 0 Å². The molecule has 1 unspecified atom stereocenters. The summed E-state index contributed by atoms with van der Waals surface area (Å²) in [6.07, 6.45) is 4.38. The summed E-state index contributed by atoms with van der Waals surface area (Å²) < 4.78 is 6.70. The lowest BCUT2D eigenvalue weighted by atomic mass is 9.91. The van der Waals surface area contributed by atoms with Crippen molar-refractivity contribution in [3.05, 3.63) is 77.9 Å². The zero-order valence-electron chi connectivity index (χ0n) is 13.7. The van der Waals surface area contributed by atoms with E-state index in [0.29, 0.717) is 0 Å². The van der Waals surface area contributed by atoms with Crippen molar-refractivity contribution in [2.75, 3.05) is 0 Å². The Hall–Kier alpha value is -1.64. The lowest BCUT2D eigenvalue weighted by Crippen LogP contribution is -2.38. The first-order valence-corrected chi connectivity index (χ1v) is 11.0. The Morgan fingerprint density at radius 2 is 1.50 bits per heavy atom. The second kappa shape index (κ2) is 5.86. The average molecular weight is 308 g/mol. The van der Waals surface area contributed by atoms with Crippen LogP contribution in [0, 0.1) is 0 Å². The van der Waals surface area contributed by atoms with Crippen LogP contribution in [-0.4, -0.2) is 13.9 Å². The zero-order chi connectivity index (χ0) is 15.6. The lowest BCUT2D eigenvalue weighted by molar-refractivity contribution is 0.120. The van der Waals surface area contributed by atoms with Crippen LogP contribution in [0.5, 0.6) is 0 Å². The molecule has 2 aromatic carbocycles. The maximum absolute atomic E-state index is 6.70. The molecule has 0 fully saturated rings. The minimum Gasteiger partial charge on any atom is -0.404 e. The summed E-state index contributed by atoms with van der Waals surface area (Å²) in [6, 6.07) is 21.4.